The number of fused-ring (bicyclic) bond motifs is 1. The number of benzene rings is 1. The maximum absolute atomic E-state index is 12.7. The maximum Gasteiger partial charge on any atom is 0.417 e. The van der Waals surface area contributed by atoms with Crippen molar-refractivity contribution in [2.45, 2.75) is 19.1 Å². The summed E-state index contributed by atoms with van der Waals surface area (Å²) in [5, 5.41) is 0.133. The molecular formula is C15H11Cl2F3N2. The third-order valence-electron chi connectivity index (χ3n) is 3.72. The number of halogens is 5. The zero-order chi connectivity index (χ0) is 15.9. The first-order valence-corrected chi connectivity index (χ1v) is 7.36. The van der Waals surface area contributed by atoms with Crippen molar-refractivity contribution in [1.29, 1.82) is 0 Å². The average molecular weight is 347 g/mol. The maximum atomic E-state index is 12.7. The molecule has 1 aromatic carbocycles. The highest BCUT2D eigenvalue weighted by atomic mass is 35.5. The lowest BCUT2D eigenvalue weighted by Gasteiger charge is -2.31. The molecule has 0 atom stereocenters. The zero-order valence-corrected chi connectivity index (χ0v) is 12.8. The Hall–Kier alpha value is -1.46. The van der Waals surface area contributed by atoms with Crippen LogP contribution in [0.2, 0.25) is 10.2 Å². The van der Waals surface area contributed by atoms with Crippen molar-refractivity contribution in [3.8, 4) is 0 Å². The number of rotatable bonds is 1. The molecule has 2 aromatic rings. The van der Waals surface area contributed by atoms with E-state index >= 15 is 0 Å². The second-order valence-electron chi connectivity index (χ2n) is 5.07. The van der Waals surface area contributed by atoms with Crippen LogP contribution in [-0.4, -0.2) is 11.5 Å². The lowest BCUT2D eigenvalue weighted by atomic mass is 10.0. The normalized spacial score (nSPS) is 14.9. The van der Waals surface area contributed by atoms with Crippen molar-refractivity contribution in [3.63, 3.8) is 0 Å². The summed E-state index contributed by atoms with van der Waals surface area (Å²) in [6.45, 7) is 1.19. The van der Waals surface area contributed by atoms with Gasteiger partial charge in [-0.1, -0.05) is 23.2 Å². The lowest BCUT2D eigenvalue weighted by molar-refractivity contribution is -0.137. The van der Waals surface area contributed by atoms with Crippen molar-refractivity contribution in [2.75, 3.05) is 11.4 Å². The van der Waals surface area contributed by atoms with Gasteiger partial charge in [0.2, 0.25) is 0 Å². The first kappa shape index (κ1) is 15.4. The van der Waals surface area contributed by atoms with E-state index in [1.807, 2.05) is 11.0 Å². The van der Waals surface area contributed by atoms with E-state index in [0.717, 1.165) is 23.6 Å². The number of anilines is 1. The average Bonchev–Trinajstić information content (AvgIpc) is 2.46. The Balaban J connectivity index is 1.91. The molecule has 3 rings (SSSR count). The fourth-order valence-electron chi connectivity index (χ4n) is 2.58. The summed E-state index contributed by atoms with van der Waals surface area (Å²) in [5.74, 6) is 0. The molecule has 0 bridgehead atoms. The van der Waals surface area contributed by atoms with Gasteiger partial charge in [-0.05, 0) is 36.2 Å². The Morgan fingerprint density at radius 1 is 1.14 bits per heavy atom. The van der Waals surface area contributed by atoms with Gasteiger partial charge in [-0.15, -0.1) is 0 Å². The summed E-state index contributed by atoms with van der Waals surface area (Å²) in [5.41, 5.74) is 1.85. The Bertz CT molecular complexity index is 716. The molecule has 0 N–H and O–H groups in total. The van der Waals surface area contributed by atoms with Gasteiger partial charge in [0, 0.05) is 30.5 Å². The largest absolute Gasteiger partial charge is 0.417 e. The fraction of sp³-hybridized carbons (Fsp3) is 0.267. The smallest absolute Gasteiger partial charge is 0.367 e. The number of hydrogen-bond donors (Lipinski definition) is 0. The minimum atomic E-state index is -4.45. The molecule has 0 amide bonds. The van der Waals surface area contributed by atoms with Crippen LogP contribution in [0.3, 0.4) is 0 Å². The van der Waals surface area contributed by atoms with Crippen LogP contribution >= 0.6 is 23.2 Å². The molecule has 0 unspecified atom stereocenters. The van der Waals surface area contributed by atoms with Crippen LogP contribution in [0.25, 0.3) is 0 Å². The monoisotopic (exact) mass is 346 g/mol. The molecule has 0 saturated carbocycles. The second kappa shape index (κ2) is 5.63. The van der Waals surface area contributed by atoms with E-state index in [-0.39, 0.29) is 5.02 Å². The number of alkyl halides is 3. The van der Waals surface area contributed by atoms with Crippen molar-refractivity contribution >= 4 is 28.9 Å². The fourth-order valence-corrected chi connectivity index (χ4v) is 3.10. The van der Waals surface area contributed by atoms with Crippen LogP contribution in [0, 0.1) is 0 Å². The van der Waals surface area contributed by atoms with E-state index in [9.17, 15) is 13.2 Å². The van der Waals surface area contributed by atoms with E-state index < -0.39 is 11.7 Å². The molecular weight excluding hydrogens is 336 g/mol. The van der Waals surface area contributed by atoms with Gasteiger partial charge in [-0.3, -0.25) is 0 Å². The molecule has 1 aliphatic heterocycles. The summed E-state index contributed by atoms with van der Waals surface area (Å²) in [4.78, 5) is 5.99. The second-order valence-corrected chi connectivity index (χ2v) is 5.84. The molecule has 116 valence electrons. The summed E-state index contributed by atoms with van der Waals surface area (Å²) < 4.78 is 38.2. The molecule has 0 spiro atoms. The molecule has 0 saturated heterocycles. The van der Waals surface area contributed by atoms with Gasteiger partial charge >= 0.3 is 6.18 Å². The Labute approximate surface area is 135 Å². The summed E-state index contributed by atoms with van der Waals surface area (Å²) in [6, 6.07) is 5.71. The molecule has 2 heterocycles. The van der Waals surface area contributed by atoms with Crippen LogP contribution in [0.15, 0.2) is 30.5 Å². The number of pyridine rings is 1. The molecule has 0 aliphatic carbocycles. The van der Waals surface area contributed by atoms with Crippen LogP contribution in [0.5, 0.6) is 0 Å². The topological polar surface area (TPSA) is 16.1 Å². The van der Waals surface area contributed by atoms with Gasteiger partial charge in [-0.25, -0.2) is 4.98 Å². The van der Waals surface area contributed by atoms with Gasteiger partial charge in [0.15, 0.2) is 0 Å². The van der Waals surface area contributed by atoms with Gasteiger partial charge in [0.25, 0.3) is 0 Å². The number of aromatic nitrogens is 1. The van der Waals surface area contributed by atoms with Crippen molar-refractivity contribution < 1.29 is 13.2 Å². The third-order valence-corrected chi connectivity index (χ3v) is 4.36. The standard InChI is InChI=1S/C15H11Cl2F3N2/c16-13-7-10(1-2-12(13)15(18,19)20)22-6-4-9-3-5-21-14(17)11(9)8-22/h1-3,5,7H,4,6,8H2. The molecule has 1 aliphatic rings. The van der Waals surface area contributed by atoms with E-state index in [2.05, 4.69) is 4.98 Å². The van der Waals surface area contributed by atoms with E-state index in [1.165, 1.54) is 12.1 Å². The van der Waals surface area contributed by atoms with Crippen LogP contribution < -0.4 is 4.90 Å². The first-order chi connectivity index (χ1) is 10.4. The summed E-state index contributed by atoms with van der Waals surface area (Å²) in [7, 11) is 0. The highest BCUT2D eigenvalue weighted by Crippen LogP contribution is 2.37. The Morgan fingerprint density at radius 3 is 2.59 bits per heavy atom. The van der Waals surface area contributed by atoms with Crippen LogP contribution in [0.4, 0.5) is 18.9 Å². The van der Waals surface area contributed by atoms with Crippen molar-refractivity contribution in [3.05, 3.63) is 57.3 Å². The highest BCUT2D eigenvalue weighted by Gasteiger charge is 2.33. The highest BCUT2D eigenvalue weighted by molar-refractivity contribution is 6.31. The number of hydrogen-bond acceptors (Lipinski definition) is 2. The minimum Gasteiger partial charge on any atom is -0.367 e. The summed E-state index contributed by atoms with van der Waals surface area (Å²) >= 11 is 11.9. The zero-order valence-electron chi connectivity index (χ0n) is 11.3. The van der Waals surface area contributed by atoms with Gasteiger partial charge in [0.05, 0.1) is 10.6 Å². The molecule has 0 fully saturated rings. The molecule has 22 heavy (non-hydrogen) atoms. The molecule has 7 heteroatoms. The first-order valence-electron chi connectivity index (χ1n) is 6.60. The van der Waals surface area contributed by atoms with E-state index in [4.69, 9.17) is 23.2 Å². The Morgan fingerprint density at radius 2 is 1.91 bits per heavy atom. The van der Waals surface area contributed by atoms with Crippen LogP contribution in [0.1, 0.15) is 16.7 Å². The predicted molar refractivity (Wildman–Crippen MR) is 80.5 cm³/mol. The minimum absolute atomic E-state index is 0.298. The van der Waals surface area contributed by atoms with Crippen molar-refractivity contribution in [1.82, 2.24) is 4.98 Å². The van der Waals surface area contributed by atoms with E-state index in [1.54, 1.807) is 6.20 Å². The lowest BCUT2D eigenvalue weighted by Crippen LogP contribution is -2.30. The van der Waals surface area contributed by atoms with Gasteiger partial charge < -0.3 is 4.90 Å². The molecule has 0 radical (unpaired) electrons. The SMILES string of the molecule is FC(F)(F)c1ccc(N2CCc3ccnc(Cl)c3C2)cc1Cl. The van der Waals surface area contributed by atoms with Gasteiger partial charge in [-0.2, -0.15) is 13.2 Å². The molecule has 2 nitrogen and oxygen atoms in total. The summed E-state index contributed by atoms with van der Waals surface area (Å²) in [6.07, 6.45) is -2.03. The van der Waals surface area contributed by atoms with Crippen molar-refractivity contribution in [2.24, 2.45) is 0 Å². The predicted octanol–water partition coefficient (Wildman–Crippen LogP) is 4.97. The Kier molecular flexibility index (Phi) is 3.95. The van der Waals surface area contributed by atoms with E-state index in [0.29, 0.717) is 23.9 Å². The quantitative estimate of drug-likeness (QED) is 0.677. The molecule has 1 aromatic heterocycles. The van der Waals surface area contributed by atoms with Crippen LogP contribution in [-0.2, 0) is 19.1 Å². The number of nitrogens with zero attached hydrogens (tertiary/aromatic N) is 2. The third kappa shape index (κ3) is 2.88. The van der Waals surface area contributed by atoms with Gasteiger partial charge in [0.1, 0.15) is 5.15 Å².